The lowest BCUT2D eigenvalue weighted by atomic mass is 9.86. The number of nitrogens with zero attached hydrogens (tertiary/aromatic N) is 2. The number of rotatable bonds is 2. The molecule has 1 atom stereocenters. The highest BCUT2D eigenvalue weighted by atomic mass is 16.4. The van der Waals surface area contributed by atoms with Crippen molar-refractivity contribution in [1.82, 2.24) is 9.78 Å². The number of hydrogen-bond acceptors (Lipinski definition) is 2. The fourth-order valence-corrected chi connectivity index (χ4v) is 2.44. The number of carboxylic acids is 1. The lowest BCUT2D eigenvalue weighted by molar-refractivity contribution is -0.139. The Bertz CT molecular complexity index is 396. The van der Waals surface area contributed by atoms with Crippen molar-refractivity contribution in [3.05, 3.63) is 17.0 Å². The summed E-state index contributed by atoms with van der Waals surface area (Å²) in [5.74, 6) is -1.07. The van der Waals surface area contributed by atoms with Crippen LogP contribution in [0, 0.1) is 6.92 Å². The van der Waals surface area contributed by atoms with E-state index in [-0.39, 0.29) is 5.92 Å². The molecule has 0 amide bonds. The quantitative estimate of drug-likeness (QED) is 0.805. The van der Waals surface area contributed by atoms with Crippen LogP contribution in [-0.2, 0) is 17.8 Å². The average Bonchev–Trinajstić information content (AvgIpc) is 2.55. The molecular weight excluding hydrogens is 192 g/mol. The van der Waals surface area contributed by atoms with Crippen molar-refractivity contribution in [3.8, 4) is 0 Å². The summed E-state index contributed by atoms with van der Waals surface area (Å²) < 4.78 is 1.85. The Hall–Kier alpha value is -1.32. The third-order valence-corrected chi connectivity index (χ3v) is 3.14. The van der Waals surface area contributed by atoms with Crippen LogP contribution in [0.3, 0.4) is 0 Å². The van der Waals surface area contributed by atoms with Gasteiger partial charge in [0.05, 0.1) is 17.3 Å². The summed E-state index contributed by atoms with van der Waals surface area (Å²) in [7, 11) is 0. The number of aryl methyl sites for hydroxylation is 2. The van der Waals surface area contributed by atoms with E-state index in [4.69, 9.17) is 0 Å². The minimum absolute atomic E-state index is 0.352. The van der Waals surface area contributed by atoms with E-state index in [1.807, 2.05) is 18.5 Å². The van der Waals surface area contributed by atoms with E-state index in [1.165, 1.54) is 0 Å². The van der Waals surface area contributed by atoms with Crippen molar-refractivity contribution in [3.63, 3.8) is 0 Å². The standard InChI is InChI=1S/C11H16N2O2/c1-3-13-10-8(7(2)12-13)5-4-6-9(10)11(14)15/h9H,3-6H2,1-2H3,(H,14,15). The number of fused-ring (bicyclic) bond motifs is 1. The first kappa shape index (κ1) is 10.2. The summed E-state index contributed by atoms with van der Waals surface area (Å²) in [6, 6.07) is 0. The molecule has 1 N–H and O–H groups in total. The van der Waals surface area contributed by atoms with E-state index in [1.54, 1.807) is 0 Å². The Balaban J connectivity index is 2.53. The first-order chi connectivity index (χ1) is 7.15. The largest absolute Gasteiger partial charge is 0.481 e. The molecule has 4 nitrogen and oxygen atoms in total. The monoisotopic (exact) mass is 208 g/mol. The van der Waals surface area contributed by atoms with Gasteiger partial charge < -0.3 is 5.11 Å². The predicted molar refractivity (Wildman–Crippen MR) is 56.0 cm³/mol. The normalized spacial score (nSPS) is 20.0. The van der Waals surface area contributed by atoms with Gasteiger partial charge in [-0.25, -0.2) is 0 Å². The number of aliphatic carboxylic acids is 1. The van der Waals surface area contributed by atoms with E-state index in [0.29, 0.717) is 0 Å². The van der Waals surface area contributed by atoms with Crippen molar-refractivity contribution >= 4 is 5.97 Å². The highest BCUT2D eigenvalue weighted by Gasteiger charge is 2.31. The van der Waals surface area contributed by atoms with Crippen LogP contribution in [0.5, 0.6) is 0 Å². The van der Waals surface area contributed by atoms with Gasteiger partial charge in [-0.05, 0) is 38.7 Å². The Morgan fingerprint density at radius 3 is 3.00 bits per heavy atom. The molecule has 0 radical (unpaired) electrons. The minimum Gasteiger partial charge on any atom is -0.481 e. The van der Waals surface area contributed by atoms with E-state index in [2.05, 4.69) is 5.10 Å². The molecular formula is C11H16N2O2. The van der Waals surface area contributed by atoms with Gasteiger partial charge in [-0.15, -0.1) is 0 Å². The second-order valence-electron chi connectivity index (χ2n) is 4.05. The molecule has 0 aliphatic heterocycles. The Labute approximate surface area is 88.9 Å². The van der Waals surface area contributed by atoms with Crippen LogP contribution in [0.15, 0.2) is 0 Å². The van der Waals surface area contributed by atoms with Crippen LogP contribution in [0.1, 0.15) is 42.6 Å². The molecule has 1 aromatic heterocycles. The summed E-state index contributed by atoms with van der Waals surface area (Å²) in [6.07, 6.45) is 2.68. The van der Waals surface area contributed by atoms with Gasteiger partial charge in [0.15, 0.2) is 0 Å². The summed E-state index contributed by atoms with van der Waals surface area (Å²) in [5.41, 5.74) is 3.10. The Kier molecular flexibility index (Phi) is 2.50. The van der Waals surface area contributed by atoms with E-state index in [9.17, 15) is 9.90 Å². The first-order valence-corrected chi connectivity index (χ1v) is 5.44. The zero-order valence-corrected chi connectivity index (χ0v) is 9.16. The number of hydrogen-bond donors (Lipinski definition) is 1. The third kappa shape index (κ3) is 1.54. The topological polar surface area (TPSA) is 55.1 Å². The van der Waals surface area contributed by atoms with Crippen molar-refractivity contribution in [2.75, 3.05) is 0 Å². The Morgan fingerprint density at radius 1 is 1.67 bits per heavy atom. The van der Waals surface area contributed by atoms with Gasteiger partial charge in [-0.3, -0.25) is 9.48 Å². The maximum atomic E-state index is 11.2. The highest BCUT2D eigenvalue weighted by Crippen LogP contribution is 2.33. The highest BCUT2D eigenvalue weighted by molar-refractivity contribution is 5.76. The SMILES string of the molecule is CCn1nc(C)c2c1C(C(=O)O)CCC2. The predicted octanol–water partition coefficient (Wildman–Crippen LogP) is 1.72. The fourth-order valence-electron chi connectivity index (χ4n) is 2.44. The van der Waals surface area contributed by atoms with Gasteiger partial charge in [-0.2, -0.15) is 5.10 Å². The molecule has 2 rings (SSSR count). The molecule has 1 unspecified atom stereocenters. The molecule has 0 saturated heterocycles. The van der Waals surface area contributed by atoms with Gasteiger partial charge in [0, 0.05) is 6.54 Å². The molecule has 1 heterocycles. The molecule has 1 aliphatic rings. The van der Waals surface area contributed by atoms with Crippen molar-refractivity contribution in [2.45, 2.75) is 45.6 Å². The van der Waals surface area contributed by atoms with E-state index >= 15 is 0 Å². The number of aromatic nitrogens is 2. The third-order valence-electron chi connectivity index (χ3n) is 3.14. The van der Waals surface area contributed by atoms with Crippen LogP contribution >= 0.6 is 0 Å². The van der Waals surface area contributed by atoms with Crippen LogP contribution in [-0.4, -0.2) is 20.9 Å². The summed E-state index contributed by atoms with van der Waals surface area (Å²) in [4.78, 5) is 11.2. The van der Waals surface area contributed by atoms with Crippen LogP contribution in [0.4, 0.5) is 0 Å². The van der Waals surface area contributed by atoms with Crippen molar-refractivity contribution in [1.29, 1.82) is 0 Å². The van der Waals surface area contributed by atoms with Crippen molar-refractivity contribution < 1.29 is 9.90 Å². The second-order valence-corrected chi connectivity index (χ2v) is 4.05. The fraction of sp³-hybridized carbons (Fsp3) is 0.636. The molecule has 0 fully saturated rings. The van der Waals surface area contributed by atoms with Gasteiger partial charge in [-0.1, -0.05) is 0 Å². The summed E-state index contributed by atoms with van der Waals surface area (Å²) >= 11 is 0. The molecule has 1 aliphatic carbocycles. The molecule has 15 heavy (non-hydrogen) atoms. The van der Waals surface area contributed by atoms with Crippen LogP contribution < -0.4 is 0 Å². The average molecular weight is 208 g/mol. The van der Waals surface area contributed by atoms with Gasteiger partial charge in [0.2, 0.25) is 0 Å². The molecule has 1 aromatic rings. The molecule has 82 valence electrons. The maximum Gasteiger partial charge on any atom is 0.312 e. The van der Waals surface area contributed by atoms with Gasteiger partial charge >= 0.3 is 5.97 Å². The molecule has 0 saturated carbocycles. The molecule has 4 heteroatoms. The van der Waals surface area contributed by atoms with Gasteiger partial charge in [0.25, 0.3) is 0 Å². The van der Waals surface area contributed by atoms with Crippen molar-refractivity contribution in [2.24, 2.45) is 0 Å². The van der Waals surface area contributed by atoms with Crippen LogP contribution in [0.2, 0.25) is 0 Å². The number of carbonyl (C=O) groups is 1. The first-order valence-electron chi connectivity index (χ1n) is 5.44. The molecule has 0 bridgehead atoms. The summed E-state index contributed by atoms with van der Waals surface area (Å²) in [6.45, 7) is 4.72. The molecule has 0 spiro atoms. The molecule has 0 aromatic carbocycles. The maximum absolute atomic E-state index is 11.2. The Morgan fingerprint density at radius 2 is 2.40 bits per heavy atom. The summed E-state index contributed by atoms with van der Waals surface area (Å²) in [5, 5.41) is 13.6. The van der Waals surface area contributed by atoms with Gasteiger partial charge in [0.1, 0.15) is 0 Å². The zero-order chi connectivity index (χ0) is 11.0. The second kappa shape index (κ2) is 3.68. The lowest BCUT2D eigenvalue weighted by Gasteiger charge is -2.20. The zero-order valence-electron chi connectivity index (χ0n) is 9.16. The van der Waals surface area contributed by atoms with Crippen LogP contribution in [0.25, 0.3) is 0 Å². The number of carboxylic acid groups (broad SMARTS) is 1. The smallest absolute Gasteiger partial charge is 0.312 e. The van der Waals surface area contributed by atoms with E-state index < -0.39 is 5.97 Å². The lowest BCUT2D eigenvalue weighted by Crippen LogP contribution is -2.21. The minimum atomic E-state index is -0.717. The van der Waals surface area contributed by atoms with E-state index in [0.717, 1.165) is 42.8 Å².